The van der Waals surface area contributed by atoms with E-state index in [0.717, 1.165) is 5.56 Å². The van der Waals surface area contributed by atoms with Crippen LogP contribution in [0.4, 0.5) is 0 Å². The molecule has 0 amide bonds. The normalized spacial score (nSPS) is 11.8. The lowest BCUT2D eigenvalue weighted by Gasteiger charge is -2.05. The summed E-state index contributed by atoms with van der Waals surface area (Å²) < 4.78 is 31.7. The van der Waals surface area contributed by atoms with Gasteiger partial charge in [0.1, 0.15) is 5.82 Å². The second kappa shape index (κ2) is 6.45. The van der Waals surface area contributed by atoms with E-state index in [0.29, 0.717) is 18.8 Å². The minimum absolute atomic E-state index is 0.00171. The smallest absolute Gasteiger partial charge is 0.282 e. The lowest BCUT2D eigenvalue weighted by Crippen LogP contribution is -2.24. The molecule has 0 radical (unpaired) electrons. The van der Waals surface area contributed by atoms with Crippen LogP contribution in [0.3, 0.4) is 0 Å². The molecule has 0 aliphatic carbocycles. The molecule has 8 heteroatoms. The number of hydrogen-bond donors (Lipinski definition) is 0. The third-order valence-corrected chi connectivity index (χ3v) is 4.65. The van der Waals surface area contributed by atoms with E-state index in [4.69, 9.17) is 4.18 Å². The Hall–Kier alpha value is -1.93. The van der Waals surface area contributed by atoms with Gasteiger partial charge in [-0.25, -0.2) is 9.48 Å². The van der Waals surface area contributed by atoms with Crippen molar-refractivity contribution in [1.29, 1.82) is 0 Å². The first kappa shape index (κ1) is 16.4. The van der Waals surface area contributed by atoms with Gasteiger partial charge in [0.25, 0.3) is 10.1 Å². The van der Waals surface area contributed by atoms with E-state index in [-0.39, 0.29) is 17.2 Å². The third-order valence-electron chi connectivity index (χ3n) is 3.32. The Bertz CT molecular complexity index is 804. The maximum Gasteiger partial charge on any atom is 0.345 e. The highest BCUT2D eigenvalue weighted by atomic mass is 32.2. The highest BCUT2D eigenvalue weighted by molar-refractivity contribution is 7.86. The first-order chi connectivity index (χ1) is 10.3. The molecule has 0 aliphatic heterocycles. The predicted molar refractivity (Wildman–Crippen MR) is 81.1 cm³/mol. The molecule has 0 aliphatic rings. The van der Waals surface area contributed by atoms with Gasteiger partial charge >= 0.3 is 5.69 Å². The standard InChI is InChI=1S/C14H19N3O4S/c1-11-5-7-13(8-6-11)22(19,20)21-10-4-9-17-14(18)16(3)12(2)15-17/h5-8H,4,9-10H2,1-3H3. The van der Waals surface area contributed by atoms with E-state index in [1.165, 1.54) is 21.4 Å². The largest absolute Gasteiger partial charge is 0.345 e. The summed E-state index contributed by atoms with van der Waals surface area (Å²) in [5, 5.41) is 4.07. The molecule has 1 heterocycles. The Kier molecular flexibility index (Phi) is 4.82. The summed E-state index contributed by atoms with van der Waals surface area (Å²) >= 11 is 0. The summed E-state index contributed by atoms with van der Waals surface area (Å²) in [4.78, 5) is 11.9. The molecule has 0 saturated carbocycles. The molecule has 0 spiro atoms. The first-order valence-corrected chi connectivity index (χ1v) is 8.28. The zero-order valence-electron chi connectivity index (χ0n) is 12.8. The van der Waals surface area contributed by atoms with Crippen LogP contribution < -0.4 is 5.69 Å². The molecule has 1 aromatic carbocycles. The molecule has 1 aromatic heterocycles. The predicted octanol–water partition coefficient (Wildman–Crippen LogP) is 0.994. The van der Waals surface area contributed by atoms with E-state index in [1.54, 1.807) is 26.1 Å². The quantitative estimate of drug-likeness (QED) is 0.584. The van der Waals surface area contributed by atoms with Crippen molar-refractivity contribution >= 4 is 10.1 Å². The van der Waals surface area contributed by atoms with Crippen molar-refractivity contribution in [3.8, 4) is 0 Å². The molecule has 0 saturated heterocycles. The molecular formula is C14H19N3O4S. The molecule has 7 nitrogen and oxygen atoms in total. The van der Waals surface area contributed by atoms with Crippen LogP contribution in [0.1, 0.15) is 17.8 Å². The minimum Gasteiger partial charge on any atom is -0.282 e. The van der Waals surface area contributed by atoms with Gasteiger partial charge in [-0.05, 0) is 32.4 Å². The highest BCUT2D eigenvalue weighted by Crippen LogP contribution is 2.13. The molecule has 0 unspecified atom stereocenters. The average Bonchev–Trinajstić information content (AvgIpc) is 2.71. The number of aromatic nitrogens is 3. The average molecular weight is 325 g/mol. The molecule has 0 fully saturated rings. The Morgan fingerprint density at radius 1 is 1.18 bits per heavy atom. The lowest BCUT2D eigenvalue weighted by molar-refractivity contribution is 0.299. The van der Waals surface area contributed by atoms with Crippen molar-refractivity contribution in [1.82, 2.24) is 14.3 Å². The molecule has 120 valence electrons. The van der Waals surface area contributed by atoms with Gasteiger partial charge in [0.15, 0.2) is 0 Å². The summed E-state index contributed by atoms with van der Waals surface area (Å²) in [6.07, 6.45) is 0.376. The number of aryl methyl sites for hydroxylation is 3. The van der Waals surface area contributed by atoms with Crippen molar-refractivity contribution in [3.63, 3.8) is 0 Å². The molecular weight excluding hydrogens is 306 g/mol. The lowest BCUT2D eigenvalue weighted by atomic mass is 10.2. The molecule has 2 rings (SSSR count). The van der Waals surface area contributed by atoms with Crippen LogP contribution in [0.15, 0.2) is 34.0 Å². The van der Waals surface area contributed by atoms with Crippen LogP contribution in [0.5, 0.6) is 0 Å². The Balaban J connectivity index is 1.92. The van der Waals surface area contributed by atoms with Crippen LogP contribution in [-0.4, -0.2) is 29.4 Å². The minimum atomic E-state index is -3.76. The first-order valence-electron chi connectivity index (χ1n) is 6.88. The Labute approximate surface area is 129 Å². The van der Waals surface area contributed by atoms with E-state index < -0.39 is 10.1 Å². The van der Waals surface area contributed by atoms with Crippen molar-refractivity contribution in [2.75, 3.05) is 6.61 Å². The number of rotatable bonds is 6. The van der Waals surface area contributed by atoms with Gasteiger partial charge in [-0.2, -0.15) is 13.5 Å². The van der Waals surface area contributed by atoms with Crippen LogP contribution in [-0.2, 0) is 27.9 Å². The molecule has 22 heavy (non-hydrogen) atoms. The topological polar surface area (TPSA) is 83.2 Å². The highest BCUT2D eigenvalue weighted by Gasteiger charge is 2.14. The van der Waals surface area contributed by atoms with Crippen LogP contribution in [0, 0.1) is 13.8 Å². The van der Waals surface area contributed by atoms with Gasteiger partial charge < -0.3 is 0 Å². The molecule has 0 atom stereocenters. The van der Waals surface area contributed by atoms with Gasteiger partial charge in [0.2, 0.25) is 0 Å². The number of hydrogen-bond acceptors (Lipinski definition) is 5. The molecule has 0 bridgehead atoms. The van der Waals surface area contributed by atoms with Crippen LogP contribution in [0.25, 0.3) is 0 Å². The van der Waals surface area contributed by atoms with Crippen molar-refractivity contribution in [3.05, 3.63) is 46.1 Å². The fourth-order valence-corrected chi connectivity index (χ4v) is 2.84. The maximum absolute atomic E-state index is 12.0. The Morgan fingerprint density at radius 3 is 2.36 bits per heavy atom. The van der Waals surface area contributed by atoms with Gasteiger partial charge in [-0.3, -0.25) is 8.75 Å². The summed E-state index contributed by atoms with van der Waals surface area (Å²) in [7, 11) is -2.12. The van der Waals surface area contributed by atoms with E-state index in [2.05, 4.69) is 5.10 Å². The number of benzene rings is 1. The zero-order valence-corrected chi connectivity index (χ0v) is 13.6. The maximum atomic E-state index is 12.0. The molecule has 0 N–H and O–H groups in total. The van der Waals surface area contributed by atoms with Gasteiger partial charge in [0, 0.05) is 13.6 Å². The number of nitrogens with zero attached hydrogens (tertiary/aromatic N) is 3. The van der Waals surface area contributed by atoms with Gasteiger partial charge in [0.05, 0.1) is 11.5 Å². The SMILES string of the molecule is Cc1ccc(S(=O)(=O)OCCCn2nc(C)n(C)c2=O)cc1. The summed E-state index contributed by atoms with van der Waals surface area (Å²) in [5.74, 6) is 0.609. The summed E-state index contributed by atoms with van der Waals surface area (Å²) in [6.45, 7) is 3.92. The summed E-state index contributed by atoms with van der Waals surface area (Å²) in [5.41, 5.74) is 0.753. The van der Waals surface area contributed by atoms with Gasteiger partial charge in [-0.15, -0.1) is 0 Å². The second-order valence-electron chi connectivity index (χ2n) is 5.05. The van der Waals surface area contributed by atoms with Crippen molar-refractivity contribution in [2.24, 2.45) is 7.05 Å². The van der Waals surface area contributed by atoms with Crippen LogP contribution in [0.2, 0.25) is 0 Å². The van der Waals surface area contributed by atoms with Crippen molar-refractivity contribution < 1.29 is 12.6 Å². The third kappa shape index (κ3) is 3.63. The molecule has 2 aromatic rings. The Morgan fingerprint density at radius 2 is 1.82 bits per heavy atom. The van der Waals surface area contributed by atoms with Crippen molar-refractivity contribution in [2.45, 2.75) is 31.7 Å². The van der Waals surface area contributed by atoms with Crippen LogP contribution >= 0.6 is 0 Å². The van der Waals surface area contributed by atoms with Gasteiger partial charge in [-0.1, -0.05) is 17.7 Å². The van der Waals surface area contributed by atoms with E-state index in [9.17, 15) is 13.2 Å². The summed E-state index contributed by atoms with van der Waals surface area (Å²) in [6, 6.07) is 6.45. The monoisotopic (exact) mass is 325 g/mol. The van der Waals surface area contributed by atoms with E-state index in [1.807, 2.05) is 6.92 Å². The fourth-order valence-electron chi connectivity index (χ4n) is 1.90. The second-order valence-corrected chi connectivity index (χ2v) is 6.67. The zero-order chi connectivity index (χ0) is 16.3. The fraction of sp³-hybridized carbons (Fsp3) is 0.429. The van der Waals surface area contributed by atoms with E-state index >= 15 is 0 Å².